The van der Waals surface area contributed by atoms with E-state index in [1.165, 1.54) is 6.42 Å². The molecule has 0 radical (unpaired) electrons. The van der Waals surface area contributed by atoms with E-state index in [1.807, 2.05) is 0 Å². The monoisotopic (exact) mass is 224 g/mol. The van der Waals surface area contributed by atoms with Crippen molar-refractivity contribution in [2.45, 2.75) is 45.6 Å². The average Bonchev–Trinajstić information content (AvgIpc) is 2.81. The largest absolute Gasteiger partial charge is 0.342 e. The van der Waals surface area contributed by atoms with Gasteiger partial charge in [-0.25, -0.2) is 0 Å². The van der Waals surface area contributed by atoms with Crippen molar-refractivity contribution in [1.82, 2.24) is 4.90 Å². The average molecular weight is 224 g/mol. The summed E-state index contributed by atoms with van der Waals surface area (Å²) < 4.78 is 0. The van der Waals surface area contributed by atoms with Crippen molar-refractivity contribution >= 4 is 5.91 Å². The van der Waals surface area contributed by atoms with Crippen LogP contribution in [0.3, 0.4) is 0 Å². The van der Waals surface area contributed by atoms with Gasteiger partial charge in [0.15, 0.2) is 0 Å². The first-order chi connectivity index (χ1) is 7.63. The summed E-state index contributed by atoms with van der Waals surface area (Å²) in [7, 11) is 0. The summed E-state index contributed by atoms with van der Waals surface area (Å²) in [5.41, 5.74) is 6.08. The van der Waals surface area contributed by atoms with Crippen LogP contribution in [-0.2, 0) is 4.79 Å². The Labute approximate surface area is 98.4 Å². The molecule has 1 saturated carbocycles. The number of hydrogen-bond donors (Lipinski definition) is 1. The van der Waals surface area contributed by atoms with Gasteiger partial charge in [-0.1, -0.05) is 20.3 Å². The summed E-state index contributed by atoms with van der Waals surface area (Å²) in [5.74, 6) is 1.81. The normalized spacial score (nSPS) is 35.2. The Hall–Kier alpha value is -0.570. The van der Waals surface area contributed by atoms with Gasteiger partial charge in [0, 0.05) is 25.0 Å². The first-order valence-corrected chi connectivity index (χ1v) is 6.67. The fraction of sp³-hybridized carbons (Fsp3) is 0.923. The van der Waals surface area contributed by atoms with Gasteiger partial charge >= 0.3 is 0 Å². The van der Waals surface area contributed by atoms with Gasteiger partial charge in [0.05, 0.1) is 0 Å². The lowest BCUT2D eigenvalue weighted by Gasteiger charge is -2.22. The number of carbonyl (C=O) groups excluding carboxylic acids is 1. The van der Waals surface area contributed by atoms with E-state index in [9.17, 15) is 4.79 Å². The van der Waals surface area contributed by atoms with Crippen LogP contribution in [0.2, 0.25) is 0 Å². The molecule has 16 heavy (non-hydrogen) atoms. The number of nitrogens with zero attached hydrogens (tertiary/aromatic N) is 1. The molecule has 0 aromatic carbocycles. The predicted molar refractivity (Wildman–Crippen MR) is 64.8 cm³/mol. The Bertz CT molecular complexity index is 267. The first kappa shape index (κ1) is 11.9. The van der Waals surface area contributed by atoms with Crippen LogP contribution in [0, 0.1) is 17.8 Å². The molecule has 1 saturated heterocycles. The van der Waals surface area contributed by atoms with Gasteiger partial charge in [-0.05, 0) is 31.1 Å². The smallest absolute Gasteiger partial charge is 0.225 e. The molecular formula is C13H24N2O. The molecule has 2 aliphatic rings. The van der Waals surface area contributed by atoms with Crippen molar-refractivity contribution in [3.8, 4) is 0 Å². The third kappa shape index (κ3) is 2.10. The molecule has 92 valence electrons. The van der Waals surface area contributed by atoms with E-state index >= 15 is 0 Å². The Balaban J connectivity index is 1.91. The van der Waals surface area contributed by atoms with Gasteiger partial charge in [-0.2, -0.15) is 0 Å². The molecule has 3 nitrogen and oxygen atoms in total. The molecule has 4 atom stereocenters. The standard InChI is InChI=1S/C13H24N2O/c1-3-4-9(2)13(16)15-7-10-5-6-12(14)11(10)8-15/h9-12H,3-8,14H2,1-2H3. The van der Waals surface area contributed by atoms with E-state index in [1.54, 1.807) is 0 Å². The zero-order valence-electron chi connectivity index (χ0n) is 10.5. The van der Waals surface area contributed by atoms with Crippen molar-refractivity contribution in [3.05, 3.63) is 0 Å². The van der Waals surface area contributed by atoms with Crippen molar-refractivity contribution in [3.63, 3.8) is 0 Å². The third-order valence-electron chi connectivity index (χ3n) is 4.37. The minimum atomic E-state index is 0.194. The Morgan fingerprint density at radius 3 is 2.81 bits per heavy atom. The maximum absolute atomic E-state index is 12.2. The van der Waals surface area contributed by atoms with E-state index in [4.69, 9.17) is 5.73 Å². The number of rotatable bonds is 3. The summed E-state index contributed by atoms with van der Waals surface area (Å²) >= 11 is 0. The summed E-state index contributed by atoms with van der Waals surface area (Å²) in [6.07, 6.45) is 4.48. The van der Waals surface area contributed by atoms with E-state index in [0.717, 1.165) is 32.4 Å². The van der Waals surface area contributed by atoms with Crippen LogP contribution < -0.4 is 5.73 Å². The molecule has 0 bridgehead atoms. The second-order valence-corrected chi connectivity index (χ2v) is 5.60. The minimum absolute atomic E-state index is 0.194. The maximum Gasteiger partial charge on any atom is 0.225 e. The van der Waals surface area contributed by atoms with Gasteiger partial charge in [0.25, 0.3) is 0 Å². The third-order valence-corrected chi connectivity index (χ3v) is 4.37. The Morgan fingerprint density at radius 2 is 2.19 bits per heavy atom. The van der Waals surface area contributed by atoms with Crippen LogP contribution in [0.25, 0.3) is 0 Å². The predicted octanol–water partition coefficient (Wildman–Crippen LogP) is 1.62. The molecule has 0 aromatic heterocycles. The van der Waals surface area contributed by atoms with Crippen molar-refractivity contribution in [2.24, 2.45) is 23.5 Å². The summed E-state index contributed by atoms with van der Waals surface area (Å²) in [5, 5.41) is 0. The summed E-state index contributed by atoms with van der Waals surface area (Å²) in [6.45, 7) is 6.07. The summed E-state index contributed by atoms with van der Waals surface area (Å²) in [4.78, 5) is 14.2. The molecule has 0 aromatic rings. The lowest BCUT2D eigenvalue weighted by molar-refractivity contribution is -0.134. The number of likely N-dealkylation sites (tertiary alicyclic amines) is 1. The van der Waals surface area contributed by atoms with E-state index < -0.39 is 0 Å². The molecule has 2 fully saturated rings. The quantitative estimate of drug-likeness (QED) is 0.792. The number of carbonyl (C=O) groups is 1. The van der Waals surface area contributed by atoms with Crippen molar-refractivity contribution in [1.29, 1.82) is 0 Å². The van der Waals surface area contributed by atoms with Gasteiger partial charge in [-0.3, -0.25) is 4.79 Å². The van der Waals surface area contributed by atoms with Crippen molar-refractivity contribution < 1.29 is 4.79 Å². The summed E-state index contributed by atoms with van der Waals surface area (Å²) in [6, 6.07) is 0.337. The highest BCUT2D eigenvalue weighted by Crippen LogP contribution is 2.37. The van der Waals surface area contributed by atoms with Crippen LogP contribution in [-0.4, -0.2) is 29.9 Å². The zero-order valence-corrected chi connectivity index (χ0v) is 10.5. The van der Waals surface area contributed by atoms with Crippen LogP contribution in [0.4, 0.5) is 0 Å². The van der Waals surface area contributed by atoms with Crippen LogP contribution >= 0.6 is 0 Å². The van der Waals surface area contributed by atoms with Crippen molar-refractivity contribution in [2.75, 3.05) is 13.1 Å². The van der Waals surface area contributed by atoms with Crippen LogP contribution in [0.5, 0.6) is 0 Å². The molecule has 4 unspecified atom stereocenters. The van der Waals surface area contributed by atoms with E-state index in [0.29, 0.717) is 23.8 Å². The first-order valence-electron chi connectivity index (χ1n) is 6.67. The number of amides is 1. The maximum atomic E-state index is 12.2. The lowest BCUT2D eigenvalue weighted by atomic mass is 9.98. The number of fused-ring (bicyclic) bond motifs is 1. The fourth-order valence-corrected chi connectivity index (χ4v) is 3.36. The molecular weight excluding hydrogens is 200 g/mol. The SMILES string of the molecule is CCCC(C)C(=O)N1CC2CCC(N)C2C1. The number of nitrogens with two attached hydrogens (primary N) is 1. The molecule has 1 aliphatic heterocycles. The second kappa shape index (κ2) is 4.74. The van der Waals surface area contributed by atoms with E-state index in [2.05, 4.69) is 18.7 Å². The number of hydrogen-bond acceptors (Lipinski definition) is 2. The topological polar surface area (TPSA) is 46.3 Å². The highest BCUT2D eigenvalue weighted by molar-refractivity contribution is 5.78. The lowest BCUT2D eigenvalue weighted by Crippen LogP contribution is -2.36. The Kier molecular flexibility index (Phi) is 3.53. The molecule has 2 rings (SSSR count). The van der Waals surface area contributed by atoms with Gasteiger partial charge in [0.2, 0.25) is 5.91 Å². The van der Waals surface area contributed by atoms with Crippen LogP contribution in [0.1, 0.15) is 39.5 Å². The Morgan fingerprint density at radius 1 is 1.44 bits per heavy atom. The highest BCUT2D eigenvalue weighted by Gasteiger charge is 2.42. The van der Waals surface area contributed by atoms with Gasteiger partial charge in [-0.15, -0.1) is 0 Å². The molecule has 1 aliphatic carbocycles. The highest BCUT2D eigenvalue weighted by atomic mass is 16.2. The molecule has 0 spiro atoms. The fourth-order valence-electron chi connectivity index (χ4n) is 3.36. The van der Waals surface area contributed by atoms with Gasteiger partial charge in [0.1, 0.15) is 0 Å². The molecule has 1 heterocycles. The molecule has 2 N–H and O–H groups in total. The van der Waals surface area contributed by atoms with Crippen LogP contribution in [0.15, 0.2) is 0 Å². The second-order valence-electron chi connectivity index (χ2n) is 5.60. The van der Waals surface area contributed by atoms with Gasteiger partial charge < -0.3 is 10.6 Å². The molecule has 3 heteroatoms. The van der Waals surface area contributed by atoms with E-state index in [-0.39, 0.29) is 5.92 Å². The molecule has 1 amide bonds. The minimum Gasteiger partial charge on any atom is -0.342 e. The zero-order chi connectivity index (χ0) is 11.7.